The molecule has 0 aromatic carbocycles. The first kappa shape index (κ1) is 11.2. The Bertz CT molecular complexity index is 359. The molecule has 0 radical (unpaired) electrons. The highest BCUT2D eigenvalue weighted by Gasteiger charge is 2.08. The van der Waals surface area contributed by atoms with Gasteiger partial charge in [0.2, 0.25) is 5.88 Å². The molecule has 0 atom stereocenters. The maximum atomic E-state index is 10.9. The van der Waals surface area contributed by atoms with E-state index in [1.54, 1.807) is 12.1 Å². The van der Waals surface area contributed by atoms with Gasteiger partial charge in [0.15, 0.2) is 0 Å². The van der Waals surface area contributed by atoms with E-state index in [2.05, 4.69) is 9.72 Å². The molecule has 0 bridgehead atoms. The van der Waals surface area contributed by atoms with Crippen LogP contribution in [-0.4, -0.2) is 30.9 Å². The number of nitrogens with one attached hydrogen (secondary N) is 1. The fourth-order valence-electron chi connectivity index (χ4n) is 0.998. The first-order valence-electron chi connectivity index (χ1n) is 4.32. The number of esters is 1. The molecule has 1 N–H and O–H groups in total. The Morgan fingerprint density at radius 1 is 1.47 bits per heavy atom. The third kappa shape index (κ3) is 3.05. The minimum atomic E-state index is -0.434. The minimum absolute atomic E-state index is 0.0511. The molecule has 1 rings (SSSR count). The smallest absolute Gasteiger partial charge is 0.311 e. The maximum Gasteiger partial charge on any atom is 0.311 e. The number of ether oxygens (including phenoxy) is 2. The van der Waals surface area contributed by atoms with Crippen molar-refractivity contribution >= 4 is 11.7 Å². The average Bonchev–Trinajstić information content (AvgIpc) is 2.29. The zero-order valence-corrected chi connectivity index (χ0v) is 8.61. The predicted octanol–water partition coefficient (Wildman–Crippen LogP) is 1.02. The van der Waals surface area contributed by atoms with Crippen LogP contribution < -0.4 is 4.74 Å². The molecule has 1 aromatic heterocycles. The Labute approximate surface area is 87.5 Å². The molecule has 0 spiro atoms. The topological polar surface area (TPSA) is 72.3 Å². The molecule has 0 aliphatic carbocycles. The molecule has 0 saturated carbocycles. The zero-order valence-electron chi connectivity index (χ0n) is 8.61. The summed E-state index contributed by atoms with van der Waals surface area (Å²) in [5.41, 5.74) is 0.762. The summed E-state index contributed by atoms with van der Waals surface area (Å²) in [5.74, 6) is 0.0421. The molecule has 80 valence electrons. The van der Waals surface area contributed by atoms with E-state index >= 15 is 0 Å². The van der Waals surface area contributed by atoms with Crippen LogP contribution in [0.1, 0.15) is 12.0 Å². The SMILES string of the molecule is COC(=O)CC(=N)c1ccc(OC)nc1. The van der Waals surface area contributed by atoms with Gasteiger partial charge in [0.1, 0.15) is 0 Å². The lowest BCUT2D eigenvalue weighted by Gasteiger charge is -2.03. The highest BCUT2D eigenvalue weighted by atomic mass is 16.5. The van der Waals surface area contributed by atoms with Crippen molar-refractivity contribution in [2.75, 3.05) is 14.2 Å². The first-order valence-corrected chi connectivity index (χ1v) is 4.32. The molecule has 0 fully saturated rings. The van der Waals surface area contributed by atoms with Crippen LogP contribution in [0.2, 0.25) is 0 Å². The molecule has 0 amide bonds. The first-order chi connectivity index (χ1) is 7.17. The van der Waals surface area contributed by atoms with Crippen molar-refractivity contribution in [2.45, 2.75) is 6.42 Å². The monoisotopic (exact) mass is 208 g/mol. The molecular formula is C10H12N2O3. The summed E-state index contributed by atoms with van der Waals surface area (Å²) < 4.78 is 9.34. The summed E-state index contributed by atoms with van der Waals surface area (Å²) in [4.78, 5) is 14.8. The number of aromatic nitrogens is 1. The van der Waals surface area contributed by atoms with Gasteiger partial charge in [-0.05, 0) is 6.07 Å². The number of hydrogen-bond donors (Lipinski definition) is 1. The van der Waals surface area contributed by atoms with E-state index in [0.29, 0.717) is 11.4 Å². The maximum absolute atomic E-state index is 10.9. The number of carbonyl (C=O) groups excluding carboxylic acids is 1. The Kier molecular flexibility index (Phi) is 3.79. The van der Waals surface area contributed by atoms with Gasteiger partial charge in [-0.15, -0.1) is 0 Å². The molecular weight excluding hydrogens is 196 g/mol. The average molecular weight is 208 g/mol. The van der Waals surface area contributed by atoms with Crippen LogP contribution in [0.25, 0.3) is 0 Å². The number of pyridine rings is 1. The van der Waals surface area contributed by atoms with Crippen LogP contribution in [0.15, 0.2) is 18.3 Å². The summed E-state index contributed by atoms with van der Waals surface area (Å²) in [7, 11) is 2.81. The fraction of sp³-hybridized carbons (Fsp3) is 0.300. The summed E-state index contributed by atoms with van der Waals surface area (Å²) in [6.45, 7) is 0. The van der Waals surface area contributed by atoms with E-state index in [1.807, 2.05) is 0 Å². The van der Waals surface area contributed by atoms with E-state index < -0.39 is 5.97 Å². The van der Waals surface area contributed by atoms with Crippen molar-refractivity contribution < 1.29 is 14.3 Å². The molecule has 0 aliphatic rings. The molecule has 0 unspecified atom stereocenters. The second kappa shape index (κ2) is 5.09. The highest BCUT2D eigenvalue weighted by Crippen LogP contribution is 2.08. The van der Waals surface area contributed by atoms with Crippen LogP contribution >= 0.6 is 0 Å². The largest absolute Gasteiger partial charge is 0.481 e. The standard InChI is InChI=1S/C10H12N2O3/c1-14-9-4-3-7(6-12-9)8(11)5-10(13)15-2/h3-4,6,11H,5H2,1-2H3. The van der Waals surface area contributed by atoms with Gasteiger partial charge in [0.05, 0.1) is 26.4 Å². The van der Waals surface area contributed by atoms with Gasteiger partial charge in [0, 0.05) is 17.8 Å². The van der Waals surface area contributed by atoms with Gasteiger partial charge < -0.3 is 14.9 Å². The highest BCUT2D eigenvalue weighted by molar-refractivity contribution is 6.07. The molecule has 0 aliphatic heterocycles. The Morgan fingerprint density at radius 3 is 2.67 bits per heavy atom. The van der Waals surface area contributed by atoms with Crippen molar-refractivity contribution in [1.29, 1.82) is 5.41 Å². The number of carbonyl (C=O) groups is 1. The van der Waals surface area contributed by atoms with Crippen molar-refractivity contribution in [2.24, 2.45) is 0 Å². The van der Waals surface area contributed by atoms with Crippen molar-refractivity contribution in [3.05, 3.63) is 23.9 Å². The normalized spacial score (nSPS) is 9.47. The summed E-state index contributed by atoms with van der Waals surface area (Å²) >= 11 is 0. The molecule has 1 heterocycles. The summed E-state index contributed by atoms with van der Waals surface area (Å²) in [5, 5.41) is 7.61. The summed E-state index contributed by atoms with van der Waals surface area (Å²) in [6.07, 6.45) is 1.44. The second-order valence-electron chi connectivity index (χ2n) is 2.82. The lowest BCUT2D eigenvalue weighted by atomic mass is 10.1. The van der Waals surface area contributed by atoms with Crippen LogP contribution in [0.3, 0.4) is 0 Å². The fourth-order valence-corrected chi connectivity index (χ4v) is 0.998. The number of rotatable bonds is 4. The quantitative estimate of drug-likeness (QED) is 0.592. The Hall–Kier alpha value is -1.91. The van der Waals surface area contributed by atoms with Crippen LogP contribution in [0.4, 0.5) is 0 Å². The van der Waals surface area contributed by atoms with E-state index in [4.69, 9.17) is 10.1 Å². The van der Waals surface area contributed by atoms with Gasteiger partial charge in [-0.25, -0.2) is 4.98 Å². The van der Waals surface area contributed by atoms with E-state index in [9.17, 15) is 4.79 Å². The van der Waals surface area contributed by atoms with Gasteiger partial charge in [-0.2, -0.15) is 0 Å². The number of methoxy groups -OCH3 is 2. The minimum Gasteiger partial charge on any atom is -0.481 e. The van der Waals surface area contributed by atoms with Gasteiger partial charge >= 0.3 is 5.97 Å². The predicted molar refractivity (Wildman–Crippen MR) is 54.3 cm³/mol. The zero-order chi connectivity index (χ0) is 11.3. The molecule has 5 heteroatoms. The number of nitrogens with zero attached hydrogens (tertiary/aromatic N) is 1. The summed E-state index contributed by atoms with van der Waals surface area (Å²) in [6, 6.07) is 3.32. The molecule has 5 nitrogen and oxygen atoms in total. The second-order valence-corrected chi connectivity index (χ2v) is 2.82. The Balaban J connectivity index is 2.70. The van der Waals surface area contributed by atoms with E-state index in [0.717, 1.165) is 0 Å². The van der Waals surface area contributed by atoms with Gasteiger partial charge in [-0.3, -0.25) is 4.79 Å². The van der Waals surface area contributed by atoms with Crippen LogP contribution in [0.5, 0.6) is 5.88 Å². The lowest BCUT2D eigenvalue weighted by Crippen LogP contribution is -2.09. The van der Waals surface area contributed by atoms with Crippen molar-refractivity contribution in [3.8, 4) is 5.88 Å². The van der Waals surface area contributed by atoms with Crippen LogP contribution in [0, 0.1) is 5.41 Å². The van der Waals surface area contributed by atoms with Crippen LogP contribution in [-0.2, 0) is 9.53 Å². The Morgan fingerprint density at radius 2 is 2.20 bits per heavy atom. The van der Waals surface area contributed by atoms with E-state index in [-0.39, 0.29) is 12.1 Å². The molecule has 15 heavy (non-hydrogen) atoms. The van der Waals surface area contributed by atoms with E-state index in [1.165, 1.54) is 20.4 Å². The van der Waals surface area contributed by atoms with Crippen molar-refractivity contribution in [1.82, 2.24) is 4.98 Å². The third-order valence-corrected chi connectivity index (χ3v) is 1.84. The molecule has 0 saturated heterocycles. The van der Waals surface area contributed by atoms with Gasteiger partial charge in [0.25, 0.3) is 0 Å². The lowest BCUT2D eigenvalue weighted by molar-refractivity contribution is -0.139. The van der Waals surface area contributed by atoms with Crippen molar-refractivity contribution in [3.63, 3.8) is 0 Å². The van der Waals surface area contributed by atoms with Gasteiger partial charge in [-0.1, -0.05) is 0 Å². The number of hydrogen-bond acceptors (Lipinski definition) is 5. The molecule has 1 aromatic rings. The third-order valence-electron chi connectivity index (χ3n) is 1.84.